The lowest BCUT2D eigenvalue weighted by molar-refractivity contribution is 0.627. The Balaban J connectivity index is 1.91. The molecule has 0 aliphatic heterocycles. The number of para-hydroxylation sites is 1. The van der Waals surface area contributed by atoms with Crippen LogP contribution >= 0.6 is 22.9 Å². The fourth-order valence-electron chi connectivity index (χ4n) is 3.27. The van der Waals surface area contributed by atoms with Gasteiger partial charge >= 0.3 is 0 Å². The van der Waals surface area contributed by atoms with Gasteiger partial charge in [-0.2, -0.15) is 0 Å². The maximum atomic E-state index is 13.5. The zero-order chi connectivity index (χ0) is 19.3. The Morgan fingerprint density at radius 1 is 0.893 bits per heavy atom. The van der Waals surface area contributed by atoms with Crippen LogP contribution in [0.1, 0.15) is 0 Å². The van der Waals surface area contributed by atoms with Crippen LogP contribution in [0.15, 0.2) is 77.6 Å². The summed E-state index contributed by atoms with van der Waals surface area (Å²) in [5, 5.41) is 1.96. The van der Waals surface area contributed by atoms with E-state index in [-0.39, 0.29) is 11.4 Å². The molecular weight excluding hydrogens is 395 g/mol. The molecule has 5 aromatic rings. The molecule has 0 spiro atoms. The van der Waals surface area contributed by atoms with E-state index in [0.29, 0.717) is 32.3 Å². The average molecular weight is 407 g/mol. The van der Waals surface area contributed by atoms with Gasteiger partial charge in [-0.15, -0.1) is 11.3 Å². The van der Waals surface area contributed by atoms with Crippen LogP contribution in [0.25, 0.3) is 37.4 Å². The largest absolute Gasteiger partial charge is 0.268 e. The molecule has 2 heterocycles. The second-order valence-electron chi connectivity index (χ2n) is 6.31. The van der Waals surface area contributed by atoms with Crippen LogP contribution in [-0.2, 0) is 0 Å². The van der Waals surface area contributed by atoms with Crippen molar-refractivity contribution in [2.75, 3.05) is 0 Å². The Morgan fingerprint density at radius 3 is 2.32 bits per heavy atom. The van der Waals surface area contributed by atoms with Gasteiger partial charge < -0.3 is 0 Å². The van der Waals surface area contributed by atoms with Crippen molar-refractivity contribution in [3.8, 4) is 16.4 Å². The molecule has 6 heteroatoms. The summed E-state index contributed by atoms with van der Waals surface area (Å²) in [6, 6.07) is 20.8. The lowest BCUT2D eigenvalue weighted by atomic mass is 10.2. The summed E-state index contributed by atoms with van der Waals surface area (Å²) in [6.45, 7) is 0. The van der Waals surface area contributed by atoms with Gasteiger partial charge in [0.25, 0.3) is 5.56 Å². The number of nitrogens with zero attached hydrogens (tertiary/aromatic N) is 2. The molecule has 5 rings (SSSR count). The number of halogens is 2. The highest BCUT2D eigenvalue weighted by atomic mass is 35.5. The van der Waals surface area contributed by atoms with E-state index in [1.807, 2.05) is 30.3 Å². The van der Waals surface area contributed by atoms with Gasteiger partial charge in [0.15, 0.2) is 5.82 Å². The molecule has 0 bridgehead atoms. The van der Waals surface area contributed by atoms with Gasteiger partial charge in [-0.3, -0.25) is 9.36 Å². The van der Waals surface area contributed by atoms with Gasteiger partial charge in [-0.25, -0.2) is 9.37 Å². The molecular formula is C22H12ClFN2OS. The van der Waals surface area contributed by atoms with Gasteiger partial charge in [-0.05, 0) is 42.5 Å². The predicted molar refractivity (Wildman–Crippen MR) is 113 cm³/mol. The molecule has 0 aliphatic carbocycles. The number of benzene rings is 3. The summed E-state index contributed by atoms with van der Waals surface area (Å²) in [7, 11) is 0. The minimum atomic E-state index is -0.369. The number of hydrogen-bond donors (Lipinski definition) is 0. The molecule has 136 valence electrons. The Labute approximate surface area is 168 Å². The number of thiophene rings is 1. The minimum Gasteiger partial charge on any atom is -0.268 e. The highest BCUT2D eigenvalue weighted by Crippen LogP contribution is 2.41. The molecule has 0 fully saturated rings. The monoisotopic (exact) mass is 406 g/mol. The Morgan fingerprint density at radius 2 is 1.57 bits per heavy atom. The van der Waals surface area contributed by atoms with E-state index in [1.165, 1.54) is 28.0 Å². The van der Waals surface area contributed by atoms with Gasteiger partial charge in [-0.1, -0.05) is 41.9 Å². The minimum absolute atomic E-state index is 0.222. The van der Waals surface area contributed by atoms with E-state index in [4.69, 9.17) is 16.6 Å². The summed E-state index contributed by atoms with van der Waals surface area (Å²) in [5.41, 5.74) is 0.906. The highest BCUT2D eigenvalue weighted by molar-refractivity contribution is 7.23. The van der Waals surface area contributed by atoms with Gasteiger partial charge in [0, 0.05) is 10.1 Å². The van der Waals surface area contributed by atoms with Crippen LogP contribution < -0.4 is 5.56 Å². The standard InChI is InChI=1S/C22H12ClFN2OS/c23-19-16-6-2-4-8-18(16)28-20(19)21-25-17-7-3-1-5-15(17)22(27)26(21)14-11-9-13(24)10-12-14/h1-12H. The Hall–Kier alpha value is -3.02. The van der Waals surface area contributed by atoms with Crippen LogP contribution in [0, 0.1) is 5.82 Å². The Bertz CT molecular complexity index is 1410. The van der Waals surface area contributed by atoms with Crippen molar-refractivity contribution >= 4 is 43.9 Å². The van der Waals surface area contributed by atoms with Crippen LogP contribution in [-0.4, -0.2) is 9.55 Å². The predicted octanol–water partition coefficient (Wildman–Crippen LogP) is 6.06. The maximum Gasteiger partial charge on any atom is 0.266 e. The summed E-state index contributed by atoms with van der Waals surface area (Å²) >= 11 is 8.15. The molecule has 0 atom stereocenters. The SMILES string of the molecule is O=c1c2ccccc2nc(-c2sc3ccccc3c2Cl)n1-c1ccc(F)cc1. The topological polar surface area (TPSA) is 34.9 Å². The maximum absolute atomic E-state index is 13.5. The summed E-state index contributed by atoms with van der Waals surface area (Å²) < 4.78 is 16.0. The summed E-state index contributed by atoms with van der Waals surface area (Å²) in [5.74, 6) is 0.0773. The first-order valence-corrected chi connectivity index (χ1v) is 9.78. The smallest absolute Gasteiger partial charge is 0.266 e. The lowest BCUT2D eigenvalue weighted by Crippen LogP contribution is -2.21. The fourth-order valence-corrected chi connectivity index (χ4v) is 4.77. The zero-order valence-corrected chi connectivity index (χ0v) is 16.0. The Kier molecular flexibility index (Phi) is 4.00. The first-order valence-electron chi connectivity index (χ1n) is 8.58. The van der Waals surface area contributed by atoms with Gasteiger partial charge in [0.2, 0.25) is 0 Å². The van der Waals surface area contributed by atoms with Crippen LogP contribution in [0.5, 0.6) is 0 Å². The molecule has 3 nitrogen and oxygen atoms in total. The molecule has 3 aromatic carbocycles. The van der Waals surface area contributed by atoms with Crippen molar-refractivity contribution in [3.05, 3.63) is 94.0 Å². The third-order valence-corrected chi connectivity index (χ3v) is 6.27. The normalized spacial score (nSPS) is 11.4. The van der Waals surface area contributed by atoms with Gasteiger partial charge in [0.05, 0.1) is 26.5 Å². The molecule has 0 amide bonds. The third-order valence-electron chi connectivity index (χ3n) is 4.60. The molecule has 0 saturated carbocycles. The summed E-state index contributed by atoms with van der Waals surface area (Å²) in [4.78, 5) is 18.8. The van der Waals surface area contributed by atoms with Crippen molar-refractivity contribution in [2.45, 2.75) is 0 Å². The first-order chi connectivity index (χ1) is 13.6. The van der Waals surface area contributed by atoms with Gasteiger partial charge in [0.1, 0.15) is 5.82 Å². The van der Waals surface area contributed by atoms with Crippen molar-refractivity contribution < 1.29 is 4.39 Å². The number of aromatic nitrogens is 2. The molecule has 0 unspecified atom stereocenters. The first kappa shape index (κ1) is 17.1. The molecule has 2 aromatic heterocycles. The molecule has 0 radical (unpaired) electrons. The number of fused-ring (bicyclic) bond motifs is 2. The van der Waals surface area contributed by atoms with E-state index in [0.717, 1.165) is 10.1 Å². The third kappa shape index (κ3) is 2.63. The highest BCUT2D eigenvalue weighted by Gasteiger charge is 2.20. The fraction of sp³-hybridized carbons (Fsp3) is 0. The van der Waals surface area contributed by atoms with E-state index < -0.39 is 0 Å². The van der Waals surface area contributed by atoms with Crippen molar-refractivity contribution in [3.63, 3.8) is 0 Å². The van der Waals surface area contributed by atoms with Crippen molar-refractivity contribution in [2.24, 2.45) is 0 Å². The van der Waals surface area contributed by atoms with E-state index >= 15 is 0 Å². The van der Waals surface area contributed by atoms with Crippen molar-refractivity contribution in [1.82, 2.24) is 9.55 Å². The van der Waals surface area contributed by atoms with Crippen molar-refractivity contribution in [1.29, 1.82) is 0 Å². The second-order valence-corrected chi connectivity index (χ2v) is 7.74. The van der Waals surface area contributed by atoms with E-state index in [2.05, 4.69) is 0 Å². The van der Waals surface area contributed by atoms with E-state index in [1.54, 1.807) is 30.3 Å². The van der Waals surface area contributed by atoms with Crippen LogP contribution in [0.3, 0.4) is 0 Å². The number of hydrogen-bond acceptors (Lipinski definition) is 3. The van der Waals surface area contributed by atoms with E-state index in [9.17, 15) is 9.18 Å². The average Bonchev–Trinajstić information content (AvgIpc) is 3.06. The number of rotatable bonds is 2. The van der Waals surface area contributed by atoms with Crippen LogP contribution in [0.4, 0.5) is 4.39 Å². The lowest BCUT2D eigenvalue weighted by Gasteiger charge is -2.13. The second kappa shape index (κ2) is 6.55. The summed E-state index contributed by atoms with van der Waals surface area (Å²) in [6.07, 6.45) is 0. The van der Waals surface area contributed by atoms with Crippen LogP contribution in [0.2, 0.25) is 5.02 Å². The molecule has 0 saturated heterocycles. The molecule has 0 aliphatic rings. The zero-order valence-electron chi connectivity index (χ0n) is 14.4. The molecule has 28 heavy (non-hydrogen) atoms. The molecule has 0 N–H and O–H groups in total. The quantitative estimate of drug-likeness (QED) is 0.357.